The van der Waals surface area contributed by atoms with Gasteiger partial charge in [-0.15, -0.1) is 0 Å². The van der Waals surface area contributed by atoms with Crippen LogP contribution in [0.4, 0.5) is 11.4 Å². The number of piperazine rings is 1. The van der Waals surface area contributed by atoms with Crippen molar-refractivity contribution >= 4 is 17.3 Å². The Morgan fingerprint density at radius 1 is 1.12 bits per heavy atom. The number of nitro benzene ring substituents is 1. The molecule has 1 aliphatic heterocycles. The molecule has 1 fully saturated rings. The van der Waals surface area contributed by atoms with E-state index >= 15 is 0 Å². The molecule has 0 amide bonds. The molecular formula is C16H17N3O5. The second-order valence-electron chi connectivity index (χ2n) is 5.61. The van der Waals surface area contributed by atoms with Crippen molar-refractivity contribution in [1.29, 1.82) is 0 Å². The highest BCUT2D eigenvalue weighted by molar-refractivity contribution is 5.84. The minimum absolute atomic E-state index is 0.0467. The van der Waals surface area contributed by atoms with E-state index in [2.05, 4.69) is 9.80 Å². The second kappa shape index (κ2) is 6.71. The van der Waals surface area contributed by atoms with Gasteiger partial charge in [-0.3, -0.25) is 15.0 Å². The summed E-state index contributed by atoms with van der Waals surface area (Å²) in [5, 5.41) is 19.6. The molecule has 1 aliphatic rings. The van der Waals surface area contributed by atoms with Gasteiger partial charge in [0.15, 0.2) is 0 Å². The Morgan fingerprint density at radius 2 is 1.79 bits per heavy atom. The molecule has 0 unspecified atom stereocenters. The minimum Gasteiger partial charge on any atom is -0.475 e. The van der Waals surface area contributed by atoms with E-state index in [0.29, 0.717) is 12.3 Å². The largest absolute Gasteiger partial charge is 0.475 e. The lowest BCUT2D eigenvalue weighted by molar-refractivity contribution is -0.384. The number of carboxylic acid groups (broad SMARTS) is 1. The van der Waals surface area contributed by atoms with E-state index in [0.717, 1.165) is 31.9 Å². The van der Waals surface area contributed by atoms with Crippen LogP contribution in [0.3, 0.4) is 0 Å². The van der Waals surface area contributed by atoms with Crippen LogP contribution in [0, 0.1) is 10.1 Å². The first-order chi connectivity index (χ1) is 11.5. The molecule has 24 heavy (non-hydrogen) atoms. The number of nitro groups is 1. The number of hydrogen-bond donors (Lipinski definition) is 1. The number of carbonyl (C=O) groups is 1. The summed E-state index contributed by atoms with van der Waals surface area (Å²) >= 11 is 0. The molecule has 8 nitrogen and oxygen atoms in total. The van der Waals surface area contributed by atoms with Crippen molar-refractivity contribution < 1.29 is 19.2 Å². The number of nitrogens with zero attached hydrogens (tertiary/aromatic N) is 3. The number of furan rings is 1. The van der Waals surface area contributed by atoms with Crippen molar-refractivity contribution in [1.82, 2.24) is 4.90 Å². The summed E-state index contributed by atoms with van der Waals surface area (Å²) in [4.78, 5) is 25.5. The lowest BCUT2D eigenvalue weighted by Crippen LogP contribution is -2.45. The van der Waals surface area contributed by atoms with Crippen LogP contribution in [0.25, 0.3) is 0 Å². The third-order valence-corrected chi connectivity index (χ3v) is 4.05. The van der Waals surface area contributed by atoms with Crippen molar-refractivity contribution in [3.63, 3.8) is 0 Å². The summed E-state index contributed by atoms with van der Waals surface area (Å²) in [6.07, 6.45) is 0. The average Bonchev–Trinajstić information content (AvgIpc) is 3.04. The summed E-state index contributed by atoms with van der Waals surface area (Å²) < 4.78 is 5.28. The average molecular weight is 331 g/mol. The number of anilines is 1. The quantitative estimate of drug-likeness (QED) is 0.662. The van der Waals surface area contributed by atoms with E-state index < -0.39 is 10.9 Å². The molecule has 3 rings (SSSR count). The summed E-state index contributed by atoms with van der Waals surface area (Å²) in [6, 6.07) is 9.70. The van der Waals surface area contributed by atoms with E-state index in [4.69, 9.17) is 9.52 Å². The maximum atomic E-state index is 10.8. The summed E-state index contributed by atoms with van der Waals surface area (Å²) in [5.41, 5.74) is 1.05. The number of hydrogen-bond acceptors (Lipinski definition) is 6. The molecule has 126 valence electrons. The molecule has 1 aromatic carbocycles. The molecule has 0 aliphatic carbocycles. The Labute approximate surface area is 138 Å². The number of aromatic carboxylic acids is 1. The van der Waals surface area contributed by atoms with Crippen LogP contribution in [-0.4, -0.2) is 47.1 Å². The molecule has 8 heteroatoms. The van der Waals surface area contributed by atoms with Crippen molar-refractivity contribution in [3.8, 4) is 0 Å². The monoisotopic (exact) mass is 331 g/mol. The number of benzene rings is 1. The van der Waals surface area contributed by atoms with Crippen LogP contribution in [-0.2, 0) is 6.54 Å². The van der Waals surface area contributed by atoms with Gasteiger partial charge in [-0.1, -0.05) is 0 Å². The van der Waals surface area contributed by atoms with Crippen molar-refractivity contribution in [2.24, 2.45) is 0 Å². The van der Waals surface area contributed by atoms with Gasteiger partial charge in [0.05, 0.1) is 11.5 Å². The van der Waals surface area contributed by atoms with Crippen LogP contribution < -0.4 is 4.90 Å². The SMILES string of the molecule is O=C(O)c1ccc(CN2CCN(c3ccc([N+](=O)[O-])cc3)CC2)o1. The van der Waals surface area contributed by atoms with Gasteiger partial charge in [-0.05, 0) is 24.3 Å². The van der Waals surface area contributed by atoms with E-state index in [1.165, 1.54) is 18.2 Å². The zero-order chi connectivity index (χ0) is 17.1. The smallest absolute Gasteiger partial charge is 0.371 e. The van der Waals surface area contributed by atoms with Gasteiger partial charge in [0.25, 0.3) is 5.69 Å². The Balaban J connectivity index is 1.55. The normalized spacial score (nSPS) is 15.4. The van der Waals surface area contributed by atoms with Gasteiger partial charge in [0.1, 0.15) is 5.76 Å². The van der Waals surface area contributed by atoms with Gasteiger partial charge in [0, 0.05) is 44.0 Å². The van der Waals surface area contributed by atoms with Gasteiger partial charge in [-0.25, -0.2) is 4.79 Å². The molecule has 0 bridgehead atoms. The van der Waals surface area contributed by atoms with Crippen LogP contribution in [0.5, 0.6) is 0 Å². The van der Waals surface area contributed by atoms with Crippen molar-refractivity contribution in [3.05, 3.63) is 58.0 Å². The fraction of sp³-hybridized carbons (Fsp3) is 0.312. The second-order valence-corrected chi connectivity index (χ2v) is 5.61. The molecule has 2 heterocycles. The maximum absolute atomic E-state index is 10.8. The maximum Gasteiger partial charge on any atom is 0.371 e. The summed E-state index contributed by atoms with van der Waals surface area (Å²) in [5.74, 6) is -0.477. The first-order valence-electron chi connectivity index (χ1n) is 7.57. The van der Waals surface area contributed by atoms with Crippen molar-refractivity contribution in [2.45, 2.75) is 6.54 Å². The molecule has 1 aromatic heterocycles. The zero-order valence-corrected chi connectivity index (χ0v) is 12.9. The topological polar surface area (TPSA) is 100 Å². The van der Waals surface area contributed by atoms with Crippen molar-refractivity contribution in [2.75, 3.05) is 31.1 Å². The molecule has 1 N–H and O–H groups in total. The third kappa shape index (κ3) is 3.54. The predicted molar refractivity (Wildman–Crippen MR) is 86.3 cm³/mol. The van der Waals surface area contributed by atoms with Crippen LogP contribution >= 0.6 is 0 Å². The Kier molecular flexibility index (Phi) is 4.48. The van der Waals surface area contributed by atoms with E-state index in [-0.39, 0.29) is 11.4 Å². The standard InChI is InChI=1S/C16H17N3O5/c20-16(21)15-6-5-14(24-15)11-17-7-9-18(10-8-17)12-1-3-13(4-2-12)19(22)23/h1-6H,7-11H2,(H,20,21). The first kappa shape index (κ1) is 16.0. The molecule has 0 saturated carbocycles. The fourth-order valence-electron chi connectivity index (χ4n) is 2.75. The lowest BCUT2D eigenvalue weighted by atomic mass is 10.2. The van der Waals surface area contributed by atoms with Crippen LogP contribution in [0.2, 0.25) is 0 Å². The summed E-state index contributed by atoms with van der Waals surface area (Å²) in [7, 11) is 0. The fourth-order valence-corrected chi connectivity index (χ4v) is 2.75. The van der Waals surface area contributed by atoms with Gasteiger partial charge >= 0.3 is 5.97 Å². The van der Waals surface area contributed by atoms with Gasteiger partial charge in [0.2, 0.25) is 5.76 Å². The first-order valence-corrected chi connectivity index (χ1v) is 7.57. The Morgan fingerprint density at radius 3 is 2.33 bits per heavy atom. The highest BCUT2D eigenvalue weighted by Crippen LogP contribution is 2.21. The highest BCUT2D eigenvalue weighted by Gasteiger charge is 2.19. The zero-order valence-electron chi connectivity index (χ0n) is 12.9. The highest BCUT2D eigenvalue weighted by atomic mass is 16.6. The minimum atomic E-state index is -1.07. The molecule has 1 saturated heterocycles. The molecular weight excluding hydrogens is 314 g/mol. The molecule has 2 aromatic rings. The van der Waals surface area contributed by atoms with E-state index in [1.807, 2.05) is 0 Å². The van der Waals surface area contributed by atoms with Crippen LogP contribution in [0.15, 0.2) is 40.8 Å². The Bertz CT molecular complexity index is 732. The van der Waals surface area contributed by atoms with Crippen LogP contribution in [0.1, 0.15) is 16.3 Å². The number of non-ortho nitro benzene ring substituents is 1. The Hall–Kier alpha value is -2.87. The summed E-state index contributed by atoms with van der Waals surface area (Å²) in [6.45, 7) is 3.77. The third-order valence-electron chi connectivity index (χ3n) is 4.05. The molecule has 0 radical (unpaired) electrons. The lowest BCUT2D eigenvalue weighted by Gasteiger charge is -2.35. The predicted octanol–water partition coefficient (Wildman–Crippen LogP) is 2.21. The van der Waals surface area contributed by atoms with Gasteiger partial charge < -0.3 is 14.4 Å². The van der Waals surface area contributed by atoms with E-state index in [1.54, 1.807) is 18.2 Å². The van der Waals surface area contributed by atoms with Gasteiger partial charge in [-0.2, -0.15) is 0 Å². The van der Waals surface area contributed by atoms with E-state index in [9.17, 15) is 14.9 Å². The number of rotatable bonds is 5. The molecule has 0 atom stereocenters. The number of carboxylic acids is 1. The molecule has 0 spiro atoms.